The number of anilines is 1. The Hall–Kier alpha value is -1.94. The SMILES string of the molecule is Nc1nc(-c2ccccc2)nc2sc3c(c12)CCC3. The number of benzene rings is 1. The number of hydrogen-bond donors (Lipinski definition) is 1. The van der Waals surface area contributed by atoms with Gasteiger partial charge in [-0.15, -0.1) is 11.3 Å². The van der Waals surface area contributed by atoms with Crippen molar-refractivity contribution in [1.29, 1.82) is 0 Å². The van der Waals surface area contributed by atoms with Crippen molar-refractivity contribution in [3.05, 3.63) is 40.8 Å². The van der Waals surface area contributed by atoms with Crippen molar-refractivity contribution in [3.63, 3.8) is 0 Å². The van der Waals surface area contributed by atoms with Crippen molar-refractivity contribution in [2.75, 3.05) is 5.73 Å². The Labute approximate surface area is 115 Å². The van der Waals surface area contributed by atoms with Crippen LogP contribution in [0.2, 0.25) is 0 Å². The zero-order chi connectivity index (χ0) is 12.8. The lowest BCUT2D eigenvalue weighted by Crippen LogP contribution is -1.97. The Kier molecular flexibility index (Phi) is 2.32. The first-order valence-corrected chi connectivity index (χ1v) is 7.28. The summed E-state index contributed by atoms with van der Waals surface area (Å²) in [6, 6.07) is 10.0. The summed E-state index contributed by atoms with van der Waals surface area (Å²) in [6.45, 7) is 0. The number of nitrogens with zero attached hydrogens (tertiary/aromatic N) is 2. The number of thiophene rings is 1. The molecule has 0 atom stereocenters. The molecule has 2 aromatic heterocycles. The highest BCUT2D eigenvalue weighted by atomic mass is 32.1. The van der Waals surface area contributed by atoms with Gasteiger partial charge in [0, 0.05) is 10.4 Å². The summed E-state index contributed by atoms with van der Waals surface area (Å²) >= 11 is 1.78. The molecule has 1 aliphatic rings. The molecule has 0 aliphatic heterocycles. The summed E-state index contributed by atoms with van der Waals surface area (Å²) in [5.41, 5.74) is 8.57. The van der Waals surface area contributed by atoms with Crippen LogP contribution < -0.4 is 5.73 Å². The number of aromatic nitrogens is 2. The van der Waals surface area contributed by atoms with Crippen molar-refractivity contribution >= 4 is 27.4 Å². The molecule has 0 saturated carbocycles. The van der Waals surface area contributed by atoms with Crippen LogP contribution in [-0.2, 0) is 12.8 Å². The molecule has 0 radical (unpaired) electrons. The lowest BCUT2D eigenvalue weighted by atomic mass is 10.1. The van der Waals surface area contributed by atoms with Crippen LogP contribution in [0.1, 0.15) is 16.9 Å². The van der Waals surface area contributed by atoms with Gasteiger partial charge in [0.1, 0.15) is 10.6 Å². The lowest BCUT2D eigenvalue weighted by Gasteiger charge is -2.03. The van der Waals surface area contributed by atoms with Gasteiger partial charge in [0.15, 0.2) is 5.82 Å². The maximum absolute atomic E-state index is 6.17. The first kappa shape index (κ1) is 10.9. The smallest absolute Gasteiger partial charge is 0.163 e. The Morgan fingerprint density at radius 3 is 2.74 bits per heavy atom. The van der Waals surface area contributed by atoms with Crippen molar-refractivity contribution in [3.8, 4) is 11.4 Å². The second kappa shape index (κ2) is 4.03. The van der Waals surface area contributed by atoms with Gasteiger partial charge in [-0.25, -0.2) is 9.97 Å². The fourth-order valence-electron chi connectivity index (χ4n) is 2.74. The van der Waals surface area contributed by atoms with E-state index in [-0.39, 0.29) is 0 Å². The predicted octanol–water partition coefficient (Wildman–Crippen LogP) is 3.43. The van der Waals surface area contributed by atoms with E-state index >= 15 is 0 Å². The zero-order valence-electron chi connectivity index (χ0n) is 10.4. The second-order valence-corrected chi connectivity index (χ2v) is 5.92. The van der Waals surface area contributed by atoms with E-state index in [4.69, 9.17) is 10.7 Å². The van der Waals surface area contributed by atoms with E-state index in [1.807, 2.05) is 30.3 Å². The first-order valence-electron chi connectivity index (χ1n) is 6.46. The maximum atomic E-state index is 6.17. The minimum Gasteiger partial charge on any atom is -0.383 e. The lowest BCUT2D eigenvalue weighted by molar-refractivity contribution is 0.917. The summed E-state index contributed by atoms with van der Waals surface area (Å²) in [5, 5.41) is 1.09. The summed E-state index contributed by atoms with van der Waals surface area (Å²) in [4.78, 5) is 11.7. The van der Waals surface area contributed by atoms with Crippen LogP contribution in [0.25, 0.3) is 21.6 Å². The molecule has 4 rings (SSSR count). The largest absolute Gasteiger partial charge is 0.383 e. The molecule has 0 saturated heterocycles. The van der Waals surface area contributed by atoms with Gasteiger partial charge in [0.2, 0.25) is 0 Å². The first-order chi connectivity index (χ1) is 9.33. The van der Waals surface area contributed by atoms with Gasteiger partial charge in [-0.3, -0.25) is 0 Å². The van der Waals surface area contributed by atoms with E-state index < -0.39 is 0 Å². The monoisotopic (exact) mass is 267 g/mol. The minimum absolute atomic E-state index is 0.628. The summed E-state index contributed by atoms with van der Waals surface area (Å²) in [7, 11) is 0. The van der Waals surface area contributed by atoms with Crippen molar-refractivity contribution in [1.82, 2.24) is 9.97 Å². The molecule has 2 heterocycles. The fourth-order valence-corrected chi connectivity index (χ4v) is 4.01. The molecule has 1 aromatic carbocycles. The van der Waals surface area contributed by atoms with E-state index in [0.717, 1.165) is 34.4 Å². The molecule has 1 aliphatic carbocycles. The van der Waals surface area contributed by atoms with Gasteiger partial charge in [-0.05, 0) is 24.8 Å². The highest BCUT2D eigenvalue weighted by Gasteiger charge is 2.21. The van der Waals surface area contributed by atoms with E-state index in [0.29, 0.717) is 5.82 Å². The molecule has 0 unspecified atom stereocenters. The normalized spacial score (nSPS) is 13.9. The Morgan fingerprint density at radius 2 is 1.89 bits per heavy atom. The summed E-state index contributed by atoms with van der Waals surface area (Å²) < 4.78 is 0. The molecule has 19 heavy (non-hydrogen) atoms. The highest BCUT2D eigenvalue weighted by molar-refractivity contribution is 7.19. The topological polar surface area (TPSA) is 51.8 Å². The molecule has 0 amide bonds. The van der Waals surface area contributed by atoms with Crippen LogP contribution >= 0.6 is 11.3 Å². The highest BCUT2D eigenvalue weighted by Crippen LogP contribution is 2.39. The predicted molar refractivity (Wildman–Crippen MR) is 79.3 cm³/mol. The maximum Gasteiger partial charge on any atom is 0.163 e. The average Bonchev–Trinajstić information content (AvgIpc) is 2.99. The van der Waals surface area contributed by atoms with Gasteiger partial charge >= 0.3 is 0 Å². The molecular formula is C15H13N3S. The van der Waals surface area contributed by atoms with Crippen LogP contribution in [0.5, 0.6) is 0 Å². The van der Waals surface area contributed by atoms with Gasteiger partial charge in [-0.2, -0.15) is 0 Å². The quantitative estimate of drug-likeness (QED) is 0.735. The molecule has 4 heteroatoms. The minimum atomic E-state index is 0.628. The number of aryl methyl sites for hydroxylation is 2. The van der Waals surface area contributed by atoms with Gasteiger partial charge in [0.05, 0.1) is 5.39 Å². The Balaban J connectivity index is 1.97. The van der Waals surface area contributed by atoms with E-state index in [2.05, 4.69) is 4.98 Å². The number of nitrogen functional groups attached to an aromatic ring is 1. The van der Waals surface area contributed by atoms with Crippen LogP contribution in [0.3, 0.4) is 0 Å². The van der Waals surface area contributed by atoms with Crippen LogP contribution in [-0.4, -0.2) is 9.97 Å². The average molecular weight is 267 g/mol. The molecule has 2 N–H and O–H groups in total. The van der Waals surface area contributed by atoms with Crippen LogP contribution in [0.15, 0.2) is 30.3 Å². The molecular weight excluding hydrogens is 254 g/mol. The van der Waals surface area contributed by atoms with E-state index in [9.17, 15) is 0 Å². The Bertz CT molecular complexity index is 762. The van der Waals surface area contributed by atoms with E-state index in [1.54, 1.807) is 11.3 Å². The Morgan fingerprint density at radius 1 is 1.05 bits per heavy atom. The molecule has 94 valence electrons. The third kappa shape index (κ3) is 1.64. The van der Waals surface area contributed by atoms with Crippen molar-refractivity contribution in [2.24, 2.45) is 0 Å². The van der Waals surface area contributed by atoms with Gasteiger partial charge < -0.3 is 5.73 Å². The van der Waals surface area contributed by atoms with Gasteiger partial charge in [-0.1, -0.05) is 30.3 Å². The second-order valence-electron chi connectivity index (χ2n) is 4.84. The molecule has 0 fully saturated rings. The van der Waals surface area contributed by atoms with E-state index in [1.165, 1.54) is 16.9 Å². The number of fused-ring (bicyclic) bond motifs is 3. The standard InChI is InChI=1S/C15H13N3S/c16-13-12-10-7-4-8-11(10)19-15(12)18-14(17-13)9-5-2-1-3-6-9/h1-3,5-6H,4,7-8H2,(H2,16,17,18). The third-order valence-electron chi connectivity index (χ3n) is 3.62. The number of nitrogens with two attached hydrogens (primary N) is 1. The van der Waals surface area contributed by atoms with Crippen LogP contribution in [0.4, 0.5) is 5.82 Å². The van der Waals surface area contributed by atoms with Gasteiger partial charge in [0.25, 0.3) is 0 Å². The van der Waals surface area contributed by atoms with Crippen molar-refractivity contribution in [2.45, 2.75) is 19.3 Å². The zero-order valence-corrected chi connectivity index (χ0v) is 11.2. The van der Waals surface area contributed by atoms with Crippen molar-refractivity contribution < 1.29 is 0 Å². The molecule has 3 aromatic rings. The molecule has 0 spiro atoms. The number of rotatable bonds is 1. The fraction of sp³-hybridized carbons (Fsp3) is 0.200. The summed E-state index contributed by atoms with van der Waals surface area (Å²) in [5.74, 6) is 1.36. The number of hydrogen-bond acceptors (Lipinski definition) is 4. The molecule has 0 bridgehead atoms. The summed E-state index contributed by atoms with van der Waals surface area (Å²) in [6.07, 6.45) is 3.51. The van der Waals surface area contributed by atoms with Crippen LogP contribution in [0, 0.1) is 0 Å². The third-order valence-corrected chi connectivity index (χ3v) is 4.81. The molecule has 3 nitrogen and oxygen atoms in total.